The van der Waals surface area contributed by atoms with Crippen LogP contribution >= 0.6 is 11.6 Å². The number of nitrogens with zero attached hydrogens (tertiary/aromatic N) is 3. The van der Waals surface area contributed by atoms with Gasteiger partial charge in [0, 0.05) is 30.9 Å². The molecule has 2 rings (SSSR count). The lowest BCUT2D eigenvalue weighted by molar-refractivity contribution is -0.384. The van der Waals surface area contributed by atoms with Gasteiger partial charge in [0.15, 0.2) is 0 Å². The standard InChI is InChI=1S/C12H11ClFN3O2/c1-2-3-12-15-4-5-16(12)10-7-9(14)8(13)6-11(10)17(18)19/h4-7H,2-3H2,1H3. The van der Waals surface area contributed by atoms with E-state index in [1.54, 1.807) is 6.20 Å². The third kappa shape index (κ3) is 2.58. The Morgan fingerprint density at radius 1 is 1.53 bits per heavy atom. The SMILES string of the molecule is CCCc1nccn1-c1cc(F)c(Cl)cc1[N+](=O)[O-]. The summed E-state index contributed by atoms with van der Waals surface area (Å²) in [6.07, 6.45) is 4.58. The molecule has 0 amide bonds. The number of nitro benzene ring substituents is 1. The van der Waals surface area contributed by atoms with E-state index >= 15 is 0 Å². The highest BCUT2D eigenvalue weighted by atomic mass is 35.5. The summed E-state index contributed by atoms with van der Waals surface area (Å²) in [6.45, 7) is 1.97. The zero-order valence-corrected chi connectivity index (χ0v) is 10.9. The van der Waals surface area contributed by atoms with Crippen LogP contribution in [0.3, 0.4) is 0 Å². The summed E-state index contributed by atoms with van der Waals surface area (Å²) in [4.78, 5) is 14.6. The van der Waals surface area contributed by atoms with Crippen molar-refractivity contribution in [3.8, 4) is 5.69 Å². The van der Waals surface area contributed by atoms with Crippen molar-refractivity contribution in [3.63, 3.8) is 0 Å². The quantitative estimate of drug-likeness (QED) is 0.637. The third-order valence-electron chi connectivity index (χ3n) is 2.66. The van der Waals surface area contributed by atoms with Crippen LogP contribution in [0, 0.1) is 15.9 Å². The highest BCUT2D eigenvalue weighted by molar-refractivity contribution is 6.31. The van der Waals surface area contributed by atoms with Gasteiger partial charge in [0.1, 0.15) is 17.3 Å². The molecule has 2 aromatic rings. The third-order valence-corrected chi connectivity index (χ3v) is 2.95. The van der Waals surface area contributed by atoms with Gasteiger partial charge in [-0.2, -0.15) is 0 Å². The number of imidazole rings is 1. The van der Waals surface area contributed by atoms with Crippen LogP contribution < -0.4 is 0 Å². The highest BCUT2D eigenvalue weighted by Crippen LogP contribution is 2.29. The van der Waals surface area contributed by atoms with E-state index in [4.69, 9.17) is 11.6 Å². The monoisotopic (exact) mass is 283 g/mol. The van der Waals surface area contributed by atoms with Crippen LogP contribution in [0.4, 0.5) is 10.1 Å². The molecule has 1 heterocycles. The van der Waals surface area contributed by atoms with Crippen LogP contribution in [0.5, 0.6) is 0 Å². The van der Waals surface area contributed by atoms with E-state index < -0.39 is 10.7 Å². The molecule has 0 atom stereocenters. The molecule has 0 aliphatic heterocycles. The zero-order chi connectivity index (χ0) is 14.0. The molecular formula is C12H11ClFN3O2. The van der Waals surface area contributed by atoms with Gasteiger partial charge in [-0.05, 0) is 6.42 Å². The predicted octanol–water partition coefficient (Wildman–Crippen LogP) is 3.53. The molecule has 0 aliphatic rings. The minimum absolute atomic E-state index is 0.132. The number of halogens is 2. The fraction of sp³-hybridized carbons (Fsp3) is 0.250. The maximum Gasteiger partial charge on any atom is 0.294 e. The molecule has 1 aromatic heterocycles. The minimum atomic E-state index is -0.696. The fourth-order valence-electron chi connectivity index (χ4n) is 1.83. The lowest BCUT2D eigenvalue weighted by atomic mass is 10.2. The van der Waals surface area contributed by atoms with E-state index in [2.05, 4.69) is 4.98 Å². The Hall–Kier alpha value is -1.95. The number of hydrogen-bond acceptors (Lipinski definition) is 3. The van der Waals surface area contributed by atoms with Gasteiger partial charge in [0.2, 0.25) is 0 Å². The molecule has 1 aromatic carbocycles. The first kappa shape index (κ1) is 13.5. The average Bonchev–Trinajstić information content (AvgIpc) is 2.80. The van der Waals surface area contributed by atoms with E-state index in [1.807, 2.05) is 6.92 Å². The number of rotatable bonds is 4. The number of hydrogen-bond donors (Lipinski definition) is 0. The summed E-state index contributed by atoms with van der Waals surface area (Å²) < 4.78 is 15.1. The maximum absolute atomic E-state index is 13.5. The van der Waals surface area contributed by atoms with Gasteiger partial charge in [-0.15, -0.1) is 0 Å². The van der Waals surface area contributed by atoms with Crippen LogP contribution in [0.2, 0.25) is 5.02 Å². The Morgan fingerprint density at radius 2 is 2.26 bits per heavy atom. The van der Waals surface area contributed by atoms with Gasteiger partial charge >= 0.3 is 0 Å². The second-order valence-corrected chi connectivity index (χ2v) is 4.38. The van der Waals surface area contributed by atoms with Crippen molar-refractivity contribution < 1.29 is 9.31 Å². The summed E-state index contributed by atoms with van der Waals surface area (Å²) in [5.41, 5.74) is -0.116. The van der Waals surface area contributed by atoms with E-state index in [9.17, 15) is 14.5 Å². The number of aryl methyl sites for hydroxylation is 1. The van der Waals surface area contributed by atoms with Crippen molar-refractivity contribution in [1.82, 2.24) is 9.55 Å². The molecule has 0 saturated carbocycles. The zero-order valence-electron chi connectivity index (χ0n) is 10.1. The lowest BCUT2D eigenvalue weighted by Gasteiger charge is -2.08. The number of aromatic nitrogens is 2. The first-order valence-corrected chi connectivity index (χ1v) is 6.08. The van der Waals surface area contributed by atoms with Gasteiger partial charge in [-0.3, -0.25) is 14.7 Å². The topological polar surface area (TPSA) is 61.0 Å². The summed E-state index contributed by atoms with van der Waals surface area (Å²) in [6, 6.07) is 2.07. The Labute approximate surface area is 113 Å². The van der Waals surface area contributed by atoms with Crippen LogP contribution in [0.15, 0.2) is 24.5 Å². The largest absolute Gasteiger partial charge is 0.297 e. The van der Waals surface area contributed by atoms with Crippen molar-refractivity contribution in [2.24, 2.45) is 0 Å². The summed E-state index contributed by atoms with van der Waals surface area (Å²) >= 11 is 5.59. The van der Waals surface area contributed by atoms with E-state index in [0.29, 0.717) is 12.2 Å². The van der Waals surface area contributed by atoms with E-state index in [-0.39, 0.29) is 16.4 Å². The number of benzene rings is 1. The first-order chi connectivity index (χ1) is 9.04. The van der Waals surface area contributed by atoms with E-state index in [1.165, 1.54) is 10.8 Å². The molecule has 0 fully saturated rings. The molecule has 7 heteroatoms. The fourth-order valence-corrected chi connectivity index (χ4v) is 1.99. The molecule has 0 N–H and O–H groups in total. The Balaban J connectivity index is 2.63. The molecule has 0 bridgehead atoms. The molecular weight excluding hydrogens is 273 g/mol. The molecule has 0 saturated heterocycles. The van der Waals surface area contributed by atoms with Crippen LogP contribution in [-0.2, 0) is 6.42 Å². The van der Waals surface area contributed by atoms with E-state index in [0.717, 1.165) is 18.6 Å². The molecule has 0 radical (unpaired) electrons. The summed E-state index contributed by atoms with van der Waals surface area (Å²) in [5, 5.41) is 10.8. The first-order valence-electron chi connectivity index (χ1n) is 5.70. The van der Waals surface area contributed by atoms with Crippen LogP contribution in [0.1, 0.15) is 19.2 Å². The Bertz CT molecular complexity index is 627. The Morgan fingerprint density at radius 3 is 2.89 bits per heavy atom. The normalized spacial score (nSPS) is 10.7. The molecule has 5 nitrogen and oxygen atoms in total. The average molecular weight is 284 g/mol. The van der Waals surface area contributed by atoms with Gasteiger partial charge in [-0.25, -0.2) is 9.37 Å². The molecule has 100 valence electrons. The predicted molar refractivity (Wildman–Crippen MR) is 69.2 cm³/mol. The van der Waals surface area contributed by atoms with Gasteiger partial charge in [0.25, 0.3) is 5.69 Å². The molecule has 0 unspecified atom stereocenters. The second kappa shape index (κ2) is 5.36. The van der Waals surface area contributed by atoms with Gasteiger partial charge in [-0.1, -0.05) is 18.5 Å². The number of nitro groups is 1. The summed E-state index contributed by atoms with van der Waals surface area (Å²) in [7, 11) is 0. The smallest absolute Gasteiger partial charge is 0.294 e. The molecule has 0 spiro atoms. The Kier molecular flexibility index (Phi) is 3.80. The van der Waals surface area contributed by atoms with Crippen molar-refractivity contribution in [2.45, 2.75) is 19.8 Å². The van der Waals surface area contributed by atoms with Crippen molar-refractivity contribution in [2.75, 3.05) is 0 Å². The highest BCUT2D eigenvalue weighted by Gasteiger charge is 2.20. The second-order valence-electron chi connectivity index (χ2n) is 3.98. The lowest BCUT2D eigenvalue weighted by Crippen LogP contribution is -2.04. The maximum atomic E-state index is 13.5. The van der Waals surface area contributed by atoms with Crippen LogP contribution in [0.25, 0.3) is 5.69 Å². The van der Waals surface area contributed by atoms with Crippen molar-refractivity contribution in [1.29, 1.82) is 0 Å². The molecule has 0 aliphatic carbocycles. The summed E-state index contributed by atoms with van der Waals surface area (Å²) in [5.74, 6) is -0.0502. The van der Waals surface area contributed by atoms with Crippen molar-refractivity contribution in [3.05, 3.63) is 51.3 Å². The molecule has 19 heavy (non-hydrogen) atoms. The van der Waals surface area contributed by atoms with Crippen LogP contribution in [-0.4, -0.2) is 14.5 Å². The van der Waals surface area contributed by atoms with Gasteiger partial charge < -0.3 is 0 Å². The van der Waals surface area contributed by atoms with Gasteiger partial charge in [0.05, 0.1) is 9.95 Å². The van der Waals surface area contributed by atoms with Crippen molar-refractivity contribution >= 4 is 17.3 Å². The minimum Gasteiger partial charge on any atom is -0.297 e.